The highest BCUT2D eigenvalue weighted by Crippen LogP contribution is 2.39. The van der Waals surface area contributed by atoms with Crippen LogP contribution >= 0.6 is 0 Å². The van der Waals surface area contributed by atoms with Crippen LogP contribution in [0.3, 0.4) is 0 Å². The van der Waals surface area contributed by atoms with Gasteiger partial charge in [-0.2, -0.15) is 0 Å². The van der Waals surface area contributed by atoms with Crippen molar-refractivity contribution in [2.75, 3.05) is 11.4 Å². The van der Waals surface area contributed by atoms with Gasteiger partial charge in [-0.25, -0.2) is 5.90 Å². The Morgan fingerprint density at radius 3 is 2.88 bits per heavy atom. The molecule has 0 aromatic heterocycles. The molecule has 0 radical (unpaired) electrons. The van der Waals surface area contributed by atoms with Crippen molar-refractivity contribution in [1.29, 1.82) is 0 Å². The molecule has 1 aliphatic rings. The second kappa shape index (κ2) is 4.44. The van der Waals surface area contributed by atoms with Gasteiger partial charge >= 0.3 is 0 Å². The van der Waals surface area contributed by atoms with Crippen LogP contribution in [0.4, 0.5) is 5.69 Å². The molecule has 0 amide bonds. The number of fused-ring (bicyclic) bond motifs is 1. The zero-order chi connectivity index (χ0) is 11.7. The summed E-state index contributed by atoms with van der Waals surface area (Å²) in [6.45, 7) is 8.32. The summed E-state index contributed by atoms with van der Waals surface area (Å²) in [6, 6.07) is 6.92. The molecule has 1 aliphatic heterocycles. The molecule has 2 N–H and O–H groups in total. The van der Waals surface area contributed by atoms with Crippen molar-refractivity contribution in [3.05, 3.63) is 29.3 Å². The average Bonchev–Trinajstić information content (AvgIpc) is 2.58. The van der Waals surface area contributed by atoms with Gasteiger partial charge < -0.3 is 4.90 Å². The minimum atomic E-state index is 0.499. The van der Waals surface area contributed by atoms with E-state index < -0.39 is 0 Å². The Hall–Kier alpha value is -1.06. The van der Waals surface area contributed by atoms with E-state index in [1.807, 2.05) is 0 Å². The summed E-state index contributed by atoms with van der Waals surface area (Å²) < 4.78 is 0. The van der Waals surface area contributed by atoms with Gasteiger partial charge in [0.15, 0.2) is 0 Å². The van der Waals surface area contributed by atoms with E-state index >= 15 is 0 Å². The predicted molar refractivity (Wildman–Crippen MR) is 66.3 cm³/mol. The second-order valence-electron chi connectivity index (χ2n) is 4.81. The molecule has 3 heteroatoms. The van der Waals surface area contributed by atoms with E-state index in [1.165, 1.54) is 16.8 Å². The molecule has 16 heavy (non-hydrogen) atoms. The molecular weight excluding hydrogens is 200 g/mol. The monoisotopic (exact) mass is 220 g/mol. The van der Waals surface area contributed by atoms with Crippen LogP contribution in [0.2, 0.25) is 0 Å². The summed E-state index contributed by atoms with van der Waals surface area (Å²) in [5.74, 6) is 5.74. The molecule has 1 aromatic rings. The van der Waals surface area contributed by atoms with E-state index in [-0.39, 0.29) is 0 Å². The zero-order valence-corrected chi connectivity index (χ0v) is 10.2. The van der Waals surface area contributed by atoms with Crippen molar-refractivity contribution >= 4 is 5.69 Å². The molecule has 0 spiro atoms. The van der Waals surface area contributed by atoms with Crippen LogP contribution in [-0.2, 0) is 11.4 Å². The molecule has 0 bridgehead atoms. The first-order valence-corrected chi connectivity index (χ1v) is 5.85. The molecule has 3 nitrogen and oxygen atoms in total. The maximum absolute atomic E-state index is 5.18. The fraction of sp³-hybridized carbons (Fsp3) is 0.538. The Bertz CT molecular complexity index is 376. The third kappa shape index (κ3) is 1.81. The van der Waals surface area contributed by atoms with Gasteiger partial charge in [-0.1, -0.05) is 19.1 Å². The lowest BCUT2D eigenvalue weighted by Gasteiger charge is -2.24. The van der Waals surface area contributed by atoms with Gasteiger partial charge in [0, 0.05) is 24.2 Å². The van der Waals surface area contributed by atoms with Crippen LogP contribution in [0.5, 0.6) is 0 Å². The van der Waals surface area contributed by atoms with E-state index in [9.17, 15) is 0 Å². The number of anilines is 1. The third-order valence-corrected chi connectivity index (χ3v) is 3.31. The molecule has 1 aromatic carbocycles. The number of hydrogen-bond acceptors (Lipinski definition) is 3. The summed E-state index contributed by atoms with van der Waals surface area (Å²) >= 11 is 0. The zero-order valence-electron chi connectivity index (χ0n) is 10.2. The van der Waals surface area contributed by atoms with Gasteiger partial charge in [0.1, 0.15) is 0 Å². The molecule has 1 unspecified atom stereocenters. The van der Waals surface area contributed by atoms with Crippen molar-refractivity contribution in [1.82, 2.24) is 0 Å². The highest BCUT2D eigenvalue weighted by Gasteiger charge is 2.28. The number of benzene rings is 1. The predicted octanol–water partition coefficient (Wildman–Crippen LogP) is 2.41. The smallest absolute Gasteiger partial charge is 0.0933 e. The molecule has 0 saturated heterocycles. The highest BCUT2D eigenvalue weighted by molar-refractivity contribution is 5.63. The number of rotatable bonds is 3. The lowest BCUT2D eigenvalue weighted by Crippen LogP contribution is -2.28. The molecule has 1 atom stereocenters. The van der Waals surface area contributed by atoms with E-state index in [1.54, 1.807) is 0 Å². The lowest BCUT2D eigenvalue weighted by molar-refractivity contribution is 0.123. The Morgan fingerprint density at radius 2 is 2.25 bits per heavy atom. The quantitative estimate of drug-likeness (QED) is 0.795. The van der Waals surface area contributed by atoms with Gasteiger partial charge in [0.05, 0.1) is 6.61 Å². The van der Waals surface area contributed by atoms with E-state index in [0.29, 0.717) is 18.6 Å². The molecule has 0 saturated carbocycles. The average molecular weight is 220 g/mol. The second-order valence-corrected chi connectivity index (χ2v) is 4.81. The maximum atomic E-state index is 5.18. The van der Waals surface area contributed by atoms with Gasteiger partial charge in [-0.15, -0.1) is 0 Å². The standard InChI is InChI=1S/C13H20N2O/c1-9(2)15-7-10(3)13-11(8-16-14)5-4-6-12(13)15/h4-6,9-10H,7-8,14H2,1-3H3. The fourth-order valence-corrected chi connectivity index (χ4v) is 2.61. The van der Waals surface area contributed by atoms with E-state index in [2.05, 4.69) is 43.9 Å². The molecular formula is C13H20N2O. The molecule has 88 valence electrons. The Kier molecular flexibility index (Phi) is 3.17. The lowest BCUT2D eigenvalue weighted by atomic mass is 9.98. The minimum Gasteiger partial charge on any atom is -0.368 e. The first-order chi connectivity index (χ1) is 7.65. The summed E-state index contributed by atoms with van der Waals surface area (Å²) in [7, 11) is 0. The van der Waals surface area contributed by atoms with Crippen molar-refractivity contribution in [3.8, 4) is 0 Å². The Balaban J connectivity index is 2.43. The largest absolute Gasteiger partial charge is 0.368 e. The Morgan fingerprint density at radius 1 is 1.50 bits per heavy atom. The van der Waals surface area contributed by atoms with Crippen molar-refractivity contribution < 1.29 is 4.84 Å². The minimum absolute atomic E-state index is 0.499. The third-order valence-electron chi connectivity index (χ3n) is 3.31. The molecule has 2 rings (SSSR count). The van der Waals surface area contributed by atoms with Crippen LogP contribution in [0.25, 0.3) is 0 Å². The first-order valence-electron chi connectivity index (χ1n) is 5.85. The van der Waals surface area contributed by atoms with E-state index in [4.69, 9.17) is 10.7 Å². The van der Waals surface area contributed by atoms with Gasteiger partial charge in [-0.3, -0.25) is 4.84 Å². The van der Waals surface area contributed by atoms with Crippen molar-refractivity contribution in [3.63, 3.8) is 0 Å². The number of hydrogen-bond donors (Lipinski definition) is 1. The summed E-state index contributed by atoms with van der Waals surface area (Å²) in [4.78, 5) is 7.22. The van der Waals surface area contributed by atoms with Crippen molar-refractivity contribution in [2.24, 2.45) is 5.90 Å². The SMILES string of the molecule is CC1CN(C(C)C)c2cccc(CON)c21. The van der Waals surface area contributed by atoms with Crippen LogP contribution in [0.15, 0.2) is 18.2 Å². The van der Waals surface area contributed by atoms with Gasteiger partial charge in [0.2, 0.25) is 0 Å². The molecule has 1 heterocycles. The molecule has 0 aliphatic carbocycles. The van der Waals surface area contributed by atoms with Crippen molar-refractivity contribution in [2.45, 2.75) is 39.3 Å². The van der Waals surface area contributed by atoms with Crippen LogP contribution in [0, 0.1) is 0 Å². The van der Waals surface area contributed by atoms with Crippen LogP contribution in [-0.4, -0.2) is 12.6 Å². The first kappa shape index (κ1) is 11.4. The fourth-order valence-electron chi connectivity index (χ4n) is 2.61. The summed E-state index contributed by atoms with van der Waals surface area (Å²) in [6.07, 6.45) is 0. The van der Waals surface area contributed by atoms with E-state index in [0.717, 1.165) is 6.54 Å². The summed E-state index contributed by atoms with van der Waals surface area (Å²) in [5, 5.41) is 0. The van der Waals surface area contributed by atoms with Crippen LogP contribution < -0.4 is 10.8 Å². The number of nitrogens with two attached hydrogens (primary N) is 1. The Labute approximate surface area is 97.1 Å². The topological polar surface area (TPSA) is 38.5 Å². The maximum Gasteiger partial charge on any atom is 0.0933 e. The number of nitrogens with zero attached hydrogens (tertiary/aromatic N) is 1. The highest BCUT2D eigenvalue weighted by atomic mass is 16.6. The van der Waals surface area contributed by atoms with Crippen LogP contribution in [0.1, 0.15) is 37.8 Å². The normalized spacial score (nSPS) is 19.3. The van der Waals surface area contributed by atoms with Gasteiger partial charge in [0.25, 0.3) is 0 Å². The molecule has 0 fully saturated rings. The summed E-state index contributed by atoms with van der Waals surface area (Å²) in [5.41, 5.74) is 3.97. The van der Waals surface area contributed by atoms with Gasteiger partial charge in [-0.05, 0) is 31.0 Å².